The third-order valence-electron chi connectivity index (χ3n) is 3.05. The van der Waals surface area contributed by atoms with Crippen molar-refractivity contribution in [3.8, 4) is 0 Å². The lowest BCUT2D eigenvalue weighted by atomic mass is 10.2. The zero-order valence-corrected chi connectivity index (χ0v) is 11.4. The Bertz CT molecular complexity index is 679. The number of aliphatic hydroxyl groups is 1. The van der Waals surface area contributed by atoms with Gasteiger partial charge in [0, 0.05) is 0 Å². The highest BCUT2D eigenvalue weighted by atomic mass is 16.5. The molecule has 0 radical (unpaired) electrons. The topological polar surface area (TPSA) is 145 Å². The van der Waals surface area contributed by atoms with E-state index in [1.165, 1.54) is 12.5 Å². The first kappa shape index (κ1) is 15.0. The first-order chi connectivity index (χ1) is 10.1. The average Bonchev–Trinajstić information content (AvgIpc) is 3.05. The minimum atomic E-state index is -0.368. The number of nitrogens with one attached hydrogen (secondary N) is 1. The summed E-state index contributed by atoms with van der Waals surface area (Å²) < 4.78 is 7.30. The van der Waals surface area contributed by atoms with E-state index in [1.807, 2.05) is 0 Å². The molecule has 1 aliphatic heterocycles. The molecule has 0 bridgehead atoms. The maximum absolute atomic E-state index is 11.6. The number of nitrogens with two attached hydrogens (primary N) is 2. The molecule has 2 atom stereocenters. The molecule has 0 aromatic carbocycles. The molecule has 21 heavy (non-hydrogen) atoms. The molecule has 0 saturated carbocycles. The molecular formula is C12H18N6O3. The van der Waals surface area contributed by atoms with Crippen LogP contribution in [0.25, 0.3) is 11.2 Å². The van der Waals surface area contributed by atoms with Gasteiger partial charge in [-0.1, -0.05) is 6.58 Å². The van der Waals surface area contributed by atoms with Gasteiger partial charge in [0.25, 0.3) is 5.56 Å². The highest BCUT2D eigenvalue weighted by Gasteiger charge is 2.27. The quantitative estimate of drug-likeness (QED) is 0.582. The number of fused-ring (bicyclic) bond motifs is 1. The number of rotatable bonds is 2. The number of nitrogens with zero attached hydrogens (tertiary/aromatic N) is 3. The monoisotopic (exact) mass is 294 g/mol. The maximum Gasteiger partial charge on any atom is 0.280 e. The molecule has 3 rings (SSSR count). The minimum Gasteiger partial charge on any atom is -0.405 e. The van der Waals surface area contributed by atoms with Crippen molar-refractivity contribution in [1.82, 2.24) is 19.5 Å². The van der Waals surface area contributed by atoms with Crippen LogP contribution >= 0.6 is 0 Å². The number of aromatic amines is 1. The summed E-state index contributed by atoms with van der Waals surface area (Å²) in [6, 6.07) is 0. The number of anilines is 1. The zero-order valence-electron chi connectivity index (χ0n) is 11.4. The summed E-state index contributed by atoms with van der Waals surface area (Å²) in [7, 11) is 0. The van der Waals surface area contributed by atoms with Gasteiger partial charge in [0.1, 0.15) is 6.23 Å². The molecule has 0 aliphatic carbocycles. The molecule has 2 aromatic rings. The first-order valence-electron chi connectivity index (χ1n) is 6.42. The summed E-state index contributed by atoms with van der Waals surface area (Å²) in [5, 5.41) is 9.04. The third kappa shape index (κ3) is 3.03. The van der Waals surface area contributed by atoms with Gasteiger partial charge in [-0.15, -0.1) is 0 Å². The van der Waals surface area contributed by atoms with E-state index in [0.717, 1.165) is 12.8 Å². The molecule has 2 aromatic heterocycles. The van der Waals surface area contributed by atoms with E-state index >= 15 is 0 Å². The Balaban J connectivity index is 0.000000497. The zero-order chi connectivity index (χ0) is 15.4. The second kappa shape index (κ2) is 6.37. The van der Waals surface area contributed by atoms with E-state index in [1.54, 1.807) is 4.57 Å². The highest BCUT2D eigenvalue weighted by Crippen LogP contribution is 2.29. The lowest BCUT2D eigenvalue weighted by Gasteiger charge is -2.13. The number of aromatic nitrogens is 4. The SMILES string of the molecule is C=CN.Nc1nc2c(ncn2C2CCC(CO)O2)c(=O)[nH]1. The summed E-state index contributed by atoms with van der Waals surface area (Å²) in [4.78, 5) is 22.1. The van der Waals surface area contributed by atoms with Crippen molar-refractivity contribution in [2.75, 3.05) is 12.3 Å². The van der Waals surface area contributed by atoms with Gasteiger partial charge in [0.05, 0.1) is 19.0 Å². The molecule has 0 amide bonds. The van der Waals surface area contributed by atoms with E-state index in [0.29, 0.717) is 5.65 Å². The molecule has 114 valence electrons. The van der Waals surface area contributed by atoms with Gasteiger partial charge in [-0.3, -0.25) is 14.3 Å². The number of imidazole rings is 1. The number of H-pyrrole nitrogens is 1. The van der Waals surface area contributed by atoms with E-state index in [2.05, 4.69) is 27.3 Å². The Morgan fingerprint density at radius 3 is 2.95 bits per heavy atom. The van der Waals surface area contributed by atoms with Crippen LogP contribution in [0.15, 0.2) is 23.9 Å². The molecule has 1 aliphatic rings. The van der Waals surface area contributed by atoms with E-state index in [-0.39, 0.29) is 36.0 Å². The predicted octanol–water partition coefficient (Wildman–Crippen LogP) is -0.540. The van der Waals surface area contributed by atoms with Gasteiger partial charge in [0.2, 0.25) is 5.95 Å². The van der Waals surface area contributed by atoms with Gasteiger partial charge in [0.15, 0.2) is 11.2 Å². The van der Waals surface area contributed by atoms with Crippen LogP contribution in [0, 0.1) is 0 Å². The maximum atomic E-state index is 11.6. The van der Waals surface area contributed by atoms with Gasteiger partial charge in [-0.05, 0) is 19.0 Å². The molecule has 1 fully saturated rings. The molecule has 1 saturated heterocycles. The van der Waals surface area contributed by atoms with Crippen molar-refractivity contribution in [1.29, 1.82) is 0 Å². The largest absolute Gasteiger partial charge is 0.405 e. The van der Waals surface area contributed by atoms with Gasteiger partial charge in [-0.25, -0.2) is 4.98 Å². The minimum absolute atomic E-state index is 0.0146. The Morgan fingerprint density at radius 2 is 2.33 bits per heavy atom. The Morgan fingerprint density at radius 1 is 1.62 bits per heavy atom. The smallest absolute Gasteiger partial charge is 0.280 e. The number of hydrogen-bond donors (Lipinski definition) is 4. The van der Waals surface area contributed by atoms with Gasteiger partial charge in [-0.2, -0.15) is 4.98 Å². The van der Waals surface area contributed by atoms with Crippen molar-refractivity contribution in [2.24, 2.45) is 5.73 Å². The predicted molar refractivity (Wildman–Crippen MR) is 77.2 cm³/mol. The first-order valence-corrected chi connectivity index (χ1v) is 6.42. The van der Waals surface area contributed by atoms with Crippen LogP contribution in [0.4, 0.5) is 5.95 Å². The highest BCUT2D eigenvalue weighted by molar-refractivity contribution is 5.70. The number of ether oxygens (including phenoxy) is 1. The number of aliphatic hydroxyl groups excluding tert-OH is 1. The van der Waals surface area contributed by atoms with Crippen molar-refractivity contribution in [3.05, 3.63) is 29.5 Å². The molecule has 6 N–H and O–H groups in total. The fourth-order valence-corrected chi connectivity index (χ4v) is 2.18. The van der Waals surface area contributed by atoms with Crippen molar-refractivity contribution in [2.45, 2.75) is 25.2 Å². The van der Waals surface area contributed by atoms with Crippen LogP contribution in [0.1, 0.15) is 19.1 Å². The van der Waals surface area contributed by atoms with Gasteiger partial charge < -0.3 is 21.3 Å². The van der Waals surface area contributed by atoms with Crippen LogP contribution in [-0.2, 0) is 4.74 Å². The number of hydrogen-bond acceptors (Lipinski definition) is 7. The second-order valence-electron chi connectivity index (χ2n) is 4.48. The Hall–Kier alpha value is -2.39. The third-order valence-corrected chi connectivity index (χ3v) is 3.05. The lowest BCUT2D eigenvalue weighted by Crippen LogP contribution is -2.16. The molecule has 2 unspecified atom stereocenters. The van der Waals surface area contributed by atoms with Crippen LogP contribution in [0.3, 0.4) is 0 Å². The van der Waals surface area contributed by atoms with Gasteiger partial charge >= 0.3 is 0 Å². The molecular weight excluding hydrogens is 276 g/mol. The summed E-state index contributed by atoms with van der Waals surface area (Å²) in [6.07, 6.45) is 3.83. The standard InChI is InChI=1S/C10H13N5O3.C2H5N/c11-10-13-8-7(9(17)14-10)12-4-15(8)6-2-1-5(3-16)18-6;1-2-3/h4-6,16H,1-3H2,(H3,11,13,14,17);2H,1,3H2. The summed E-state index contributed by atoms with van der Waals surface area (Å²) >= 11 is 0. The van der Waals surface area contributed by atoms with Crippen LogP contribution in [-0.4, -0.2) is 37.3 Å². The van der Waals surface area contributed by atoms with E-state index in [4.69, 9.17) is 15.6 Å². The molecule has 0 spiro atoms. The van der Waals surface area contributed by atoms with Crippen molar-refractivity contribution >= 4 is 17.1 Å². The Kier molecular flexibility index (Phi) is 4.55. The molecule has 3 heterocycles. The van der Waals surface area contributed by atoms with Crippen LogP contribution < -0.4 is 17.0 Å². The van der Waals surface area contributed by atoms with E-state index in [9.17, 15) is 4.79 Å². The Labute approximate surface area is 120 Å². The molecule has 9 heteroatoms. The summed E-state index contributed by atoms with van der Waals surface area (Å²) in [5.74, 6) is 0.0472. The van der Waals surface area contributed by atoms with Crippen molar-refractivity contribution in [3.63, 3.8) is 0 Å². The molecule has 9 nitrogen and oxygen atoms in total. The van der Waals surface area contributed by atoms with Crippen LogP contribution in [0.2, 0.25) is 0 Å². The summed E-state index contributed by atoms with van der Waals surface area (Å²) in [5.41, 5.74) is 10.4. The second-order valence-corrected chi connectivity index (χ2v) is 4.48. The van der Waals surface area contributed by atoms with E-state index < -0.39 is 0 Å². The number of nitrogen functional groups attached to an aromatic ring is 1. The fourth-order valence-electron chi connectivity index (χ4n) is 2.18. The average molecular weight is 294 g/mol. The van der Waals surface area contributed by atoms with Crippen molar-refractivity contribution < 1.29 is 9.84 Å². The van der Waals surface area contributed by atoms with Crippen LogP contribution in [0.5, 0.6) is 0 Å². The summed E-state index contributed by atoms with van der Waals surface area (Å²) in [6.45, 7) is 3.12. The lowest BCUT2D eigenvalue weighted by molar-refractivity contribution is -0.0207. The fraction of sp³-hybridized carbons (Fsp3) is 0.417. The normalized spacial score (nSPS) is 21.0.